The van der Waals surface area contributed by atoms with Crippen molar-refractivity contribution < 1.29 is 23.5 Å². The summed E-state index contributed by atoms with van der Waals surface area (Å²) in [5, 5.41) is 0.714. The molecular formula is C23H29NO6. The minimum Gasteiger partial charge on any atom is -0.483 e. The van der Waals surface area contributed by atoms with Gasteiger partial charge in [-0.2, -0.15) is 0 Å². The molecule has 0 radical (unpaired) electrons. The molecular weight excluding hydrogens is 386 g/mol. The lowest BCUT2D eigenvalue weighted by Crippen LogP contribution is -2.51. The Morgan fingerprint density at radius 2 is 2.00 bits per heavy atom. The van der Waals surface area contributed by atoms with Crippen molar-refractivity contribution in [2.75, 3.05) is 26.8 Å². The Balaban J connectivity index is 1.82. The van der Waals surface area contributed by atoms with Gasteiger partial charge in [-0.25, -0.2) is 4.79 Å². The van der Waals surface area contributed by atoms with Gasteiger partial charge >= 0.3 is 11.6 Å². The summed E-state index contributed by atoms with van der Waals surface area (Å²) in [6.45, 7) is 6.55. The summed E-state index contributed by atoms with van der Waals surface area (Å²) in [4.78, 5) is 38.7. The number of esters is 1. The van der Waals surface area contributed by atoms with Gasteiger partial charge in [-0.3, -0.25) is 9.59 Å². The minimum absolute atomic E-state index is 0.151. The SMILES string of the molecule is CCc1cc(=O)oc2cc(C)cc(OCC(=O)N3CCCC(CC)(C(=O)OC)C3)c12. The molecule has 7 nitrogen and oxygen atoms in total. The molecule has 1 amide bonds. The molecule has 0 bridgehead atoms. The highest BCUT2D eigenvalue weighted by Gasteiger charge is 2.43. The fraction of sp³-hybridized carbons (Fsp3) is 0.522. The number of aryl methyl sites for hydroxylation is 2. The van der Waals surface area contributed by atoms with E-state index in [4.69, 9.17) is 13.9 Å². The second-order valence-electron chi connectivity index (χ2n) is 7.91. The maximum absolute atomic E-state index is 12.9. The summed E-state index contributed by atoms with van der Waals surface area (Å²) < 4.78 is 16.3. The number of ether oxygens (including phenoxy) is 2. The Hall–Kier alpha value is -2.83. The summed E-state index contributed by atoms with van der Waals surface area (Å²) in [5.74, 6) is 0.0721. The molecule has 7 heteroatoms. The van der Waals surface area contributed by atoms with Crippen LogP contribution in [0.3, 0.4) is 0 Å². The molecule has 0 spiro atoms. The Labute approximate surface area is 175 Å². The van der Waals surface area contributed by atoms with Crippen molar-refractivity contribution in [2.24, 2.45) is 5.41 Å². The van der Waals surface area contributed by atoms with Crippen LogP contribution in [0, 0.1) is 12.3 Å². The Morgan fingerprint density at radius 1 is 1.23 bits per heavy atom. The zero-order chi connectivity index (χ0) is 21.9. The topological polar surface area (TPSA) is 86.0 Å². The second kappa shape index (κ2) is 8.90. The molecule has 1 aliphatic rings. The quantitative estimate of drug-likeness (QED) is 0.532. The zero-order valence-electron chi connectivity index (χ0n) is 18.1. The summed E-state index contributed by atoms with van der Waals surface area (Å²) in [7, 11) is 1.39. The van der Waals surface area contributed by atoms with Crippen LogP contribution in [0.15, 0.2) is 27.4 Å². The molecule has 0 N–H and O–H groups in total. The Bertz CT molecular complexity index is 1010. The van der Waals surface area contributed by atoms with Crippen LogP contribution in [0.1, 0.15) is 44.2 Å². The zero-order valence-corrected chi connectivity index (χ0v) is 18.1. The van der Waals surface area contributed by atoms with E-state index < -0.39 is 11.0 Å². The monoisotopic (exact) mass is 415 g/mol. The van der Waals surface area contributed by atoms with E-state index >= 15 is 0 Å². The van der Waals surface area contributed by atoms with Crippen molar-refractivity contribution in [3.05, 3.63) is 39.7 Å². The molecule has 2 aromatic rings. The molecule has 1 saturated heterocycles. The molecule has 1 aromatic heterocycles. The van der Waals surface area contributed by atoms with Gasteiger partial charge in [0.05, 0.1) is 17.9 Å². The number of piperidine rings is 1. The molecule has 1 fully saturated rings. The molecule has 1 aliphatic heterocycles. The highest BCUT2D eigenvalue weighted by molar-refractivity contribution is 5.88. The number of benzene rings is 1. The number of hydrogen-bond donors (Lipinski definition) is 0. The standard InChI is InChI=1S/C23H29NO6/c1-5-16-12-20(26)30-18-11-15(3)10-17(21(16)18)29-13-19(25)24-9-7-8-23(6-2,14-24)22(27)28-4/h10-12H,5-9,13-14H2,1-4H3. The van der Waals surface area contributed by atoms with Crippen LogP contribution >= 0.6 is 0 Å². The van der Waals surface area contributed by atoms with Crippen molar-refractivity contribution in [3.8, 4) is 5.75 Å². The molecule has 2 heterocycles. The largest absolute Gasteiger partial charge is 0.483 e. The summed E-state index contributed by atoms with van der Waals surface area (Å²) in [6, 6.07) is 5.10. The van der Waals surface area contributed by atoms with Gasteiger partial charge in [0.2, 0.25) is 0 Å². The van der Waals surface area contributed by atoms with Gasteiger partial charge in [0.15, 0.2) is 6.61 Å². The van der Waals surface area contributed by atoms with Gasteiger partial charge < -0.3 is 18.8 Å². The first-order valence-corrected chi connectivity index (χ1v) is 10.4. The number of carbonyl (C=O) groups is 2. The first-order chi connectivity index (χ1) is 14.3. The number of carbonyl (C=O) groups excluding carboxylic acids is 2. The molecule has 30 heavy (non-hydrogen) atoms. The highest BCUT2D eigenvalue weighted by Crippen LogP contribution is 2.35. The lowest BCUT2D eigenvalue weighted by Gasteiger charge is -2.40. The number of fused-ring (bicyclic) bond motifs is 1. The van der Waals surface area contributed by atoms with Crippen molar-refractivity contribution in [3.63, 3.8) is 0 Å². The van der Waals surface area contributed by atoms with Crippen molar-refractivity contribution >= 4 is 22.8 Å². The Morgan fingerprint density at radius 3 is 2.67 bits per heavy atom. The van der Waals surface area contributed by atoms with Crippen LogP contribution in [0.5, 0.6) is 5.75 Å². The van der Waals surface area contributed by atoms with Crippen LogP contribution in [-0.4, -0.2) is 43.6 Å². The van der Waals surface area contributed by atoms with E-state index in [2.05, 4.69) is 0 Å². The lowest BCUT2D eigenvalue weighted by atomic mass is 9.77. The van der Waals surface area contributed by atoms with Crippen LogP contribution < -0.4 is 10.4 Å². The van der Waals surface area contributed by atoms with Crippen LogP contribution in [0.4, 0.5) is 0 Å². The molecule has 3 rings (SSSR count). The number of hydrogen-bond acceptors (Lipinski definition) is 6. The van der Waals surface area contributed by atoms with E-state index in [9.17, 15) is 14.4 Å². The maximum atomic E-state index is 12.9. The fourth-order valence-corrected chi connectivity index (χ4v) is 4.25. The van der Waals surface area contributed by atoms with E-state index in [-0.39, 0.29) is 18.5 Å². The van der Waals surface area contributed by atoms with Crippen LogP contribution in [-0.2, 0) is 20.7 Å². The third kappa shape index (κ3) is 4.20. The number of methoxy groups -OCH3 is 1. The number of rotatable bonds is 6. The molecule has 162 valence electrons. The first-order valence-electron chi connectivity index (χ1n) is 10.4. The fourth-order valence-electron chi connectivity index (χ4n) is 4.25. The van der Waals surface area contributed by atoms with E-state index in [1.54, 1.807) is 11.0 Å². The second-order valence-corrected chi connectivity index (χ2v) is 7.91. The van der Waals surface area contributed by atoms with E-state index in [1.807, 2.05) is 26.8 Å². The van der Waals surface area contributed by atoms with Gasteiger partial charge in [-0.1, -0.05) is 13.8 Å². The molecule has 1 atom stereocenters. The predicted octanol–water partition coefficient (Wildman–Crippen LogP) is 3.23. The maximum Gasteiger partial charge on any atom is 0.336 e. The van der Waals surface area contributed by atoms with Gasteiger partial charge in [0.1, 0.15) is 11.3 Å². The van der Waals surface area contributed by atoms with Gasteiger partial charge in [-0.05, 0) is 55.9 Å². The summed E-state index contributed by atoms with van der Waals surface area (Å²) >= 11 is 0. The molecule has 1 aromatic carbocycles. The predicted molar refractivity (Wildman–Crippen MR) is 113 cm³/mol. The van der Waals surface area contributed by atoms with Crippen LogP contribution in [0.25, 0.3) is 11.0 Å². The molecule has 1 unspecified atom stereocenters. The smallest absolute Gasteiger partial charge is 0.336 e. The van der Waals surface area contributed by atoms with E-state index in [0.29, 0.717) is 49.1 Å². The Kier molecular flexibility index (Phi) is 6.48. The molecule has 0 saturated carbocycles. The highest BCUT2D eigenvalue weighted by atomic mass is 16.5. The van der Waals surface area contributed by atoms with Crippen molar-refractivity contribution in [1.29, 1.82) is 0 Å². The summed E-state index contributed by atoms with van der Waals surface area (Å²) in [5.41, 5.74) is 1.08. The first kappa shape index (κ1) is 21.9. The average Bonchev–Trinajstić information content (AvgIpc) is 2.75. The normalized spacial score (nSPS) is 19.0. The third-order valence-corrected chi connectivity index (χ3v) is 5.99. The summed E-state index contributed by atoms with van der Waals surface area (Å²) in [6.07, 6.45) is 2.71. The van der Waals surface area contributed by atoms with Crippen LogP contribution in [0.2, 0.25) is 0 Å². The molecule has 0 aliphatic carbocycles. The minimum atomic E-state index is -0.655. The third-order valence-electron chi connectivity index (χ3n) is 5.99. The van der Waals surface area contributed by atoms with E-state index in [0.717, 1.165) is 17.5 Å². The average molecular weight is 415 g/mol. The van der Waals surface area contributed by atoms with Gasteiger partial charge in [0, 0.05) is 19.2 Å². The number of amides is 1. The van der Waals surface area contributed by atoms with E-state index in [1.165, 1.54) is 13.2 Å². The van der Waals surface area contributed by atoms with Crippen molar-refractivity contribution in [2.45, 2.75) is 46.5 Å². The van der Waals surface area contributed by atoms with Gasteiger partial charge in [-0.15, -0.1) is 0 Å². The van der Waals surface area contributed by atoms with Crippen molar-refractivity contribution in [1.82, 2.24) is 4.90 Å². The number of nitrogens with zero attached hydrogens (tertiary/aromatic N) is 1. The lowest BCUT2D eigenvalue weighted by molar-refractivity contribution is -0.159. The number of likely N-dealkylation sites (tertiary alicyclic amines) is 1. The van der Waals surface area contributed by atoms with Gasteiger partial charge in [0.25, 0.3) is 5.91 Å².